The number of aromatic nitrogens is 2. The minimum Gasteiger partial charge on any atom is -0.323 e. The van der Waals surface area contributed by atoms with Crippen molar-refractivity contribution in [2.24, 2.45) is 11.8 Å². The minimum atomic E-state index is -0.270. The first-order chi connectivity index (χ1) is 10.0. The van der Waals surface area contributed by atoms with Crippen molar-refractivity contribution in [2.45, 2.75) is 44.0 Å². The van der Waals surface area contributed by atoms with Gasteiger partial charge in [0.2, 0.25) is 0 Å². The first-order valence-corrected chi connectivity index (χ1v) is 8.78. The number of rotatable bonds is 2. The summed E-state index contributed by atoms with van der Waals surface area (Å²) in [5, 5.41) is -0.168. The van der Waals surface area contributed by atoms with E-state index < -0.39 is 0 Å². The number of nitrogens with zero attached hydrogens (tertiary/aromatic N) is 2. The second-order valence-electron chi connectivity index (χ2n) is 6.45. The lowest BCUT2D eigenvalue weighted by molar-refractivity contribution is 0.329. The molecule has 0 aliphatic heterocycles. The van der Waals surface area contributed by atoms with Crippen LogP contribution in [0.25, 0.3) is 11.0 Å². The number of fused-ring (bicyclic) bond motifs is 3. The van der Waals surface area contributed by atoms with Crippen LogP contribution < -0.4 is 0 Å². The van der Waals surface area contributed by atoms with Gasteiger partial charge in [-0.3, -0.25) is 0 Å². The third kappa shape index (κ3) is 2.14. The van der Waals surface area contributed by atoms with Gasteiger partial charge in [-0.05, 0) is 60.0 Å². The number of hydrogen-bond acceptors (Lipinski definition) is 1. The highest BCUT2D eigenvalue weighted by Crippen LogP contribution is 2.52. The van der Waals surface area contributed by atoms with Gasteiger partial charge in [-0.15, -0.1) is 11.6 Å². The molecule has 2 aliphatic rings. The number of halogens is 3. The predicted molar refractivity (Wildman–Crippen MR) is 86.1 cm³/mol. The van der Waals surface area contributed by atoms with Gasteiger partial charge in [0.05, 0.1) is 20.9 Å². The van der Waals surface area contributed by atoms with Crippen LogP contribution in [0.1, 0.15) is 49.9 Å². The molecular formula is C16H17BrClFN2. The third-order valence-electron chi connectivity index (χ3n) is 5.15. The standard InChI is InChI=1S/C16H17BrClFN2/c1-8(18)16-20-13-7-12(19)11(17)6-15(13)21(16)14-5-9-2-3-10(14)4-9/h6-10,14H,2-5H2,1H3. The molecule has 2 saturated carbocycles. The largest absolute Gasteiger partial charge is 0.323 e. The van der Waals surface area contributed by atoms with E-state index in [2.05, 4.69) is 25.5 Å². The molecule has 4 rings (SSSR count). The van der Waals surface area contributed by atoms with Crippen molar-refractivity contribution < 1.29 is 4.39 Å². The summed E-state index contributed by atoms with van der Waals surface area (Å²) in [6.45, 7) is 1.94. The van der Waals surface area contributed by atoms with Crippen molar-refractivity contribution in [3.63, 3.8) is 0 Å². The van der Waals surface area contributed by atoms with Crippen molar-refractivity contribution in [3.8, 4) is 0 Å². The van der Waals surface area contributed by atoms with Crippen LogP contribution in [0, 0.1) is 17.7 Å². The second kappa shape index (κ2) is 4.95. The third-order valence-corrected chi connectivity index (χ3v) is 5.95. The molecule has 21 heavy (non-hydrogen) atoms. The summed E-state index contributed by atoms with van der Waals surface area (Å²) >= 11 is 9.65. The number of hydrogen-bond donors (Lipinski definition) is 0. The minimum absolute atomic E-state index is 0.168. The molecule has 4 unspecified atom stereocenters. The summed E-state index contributed by atoms with van der Waals surface area (Å²) in [4.78, 5) is 4.61. The monoisotopic (exact) mass is 370 g/mol. The van der Waals surface area contributed by atoms with E-state index in [4.69, 9.17) is 11.6 Å². The van der Waals surface area contributed by atoms with Crippen LogP contribution in [0.3, 0.4) is 0 Å². The lowest BCUT2D eigenvalue weighted by Crippen LogP contribution is -2.18. The van der Waals surface area contributed by atoms with Crippen LogP contribution in [0.2, 0.25) is 0 Å². The Morgan fingerprint density at radius 3 is 2.81 bits per heavy atom. The van der Waals surface area contributed by atoms with Gasteiger partial charge in [-0.25, -0.2) is 9.37 Å². The van der Waals surface area contributed by atoms with Crippen LogP contribution >= 0.6 is 27.5 Å². The summed E-state index contributed by atoms with van der Waals surface area (Å²) in [6, 6.07) is 3.83. The van der Waals surface area contributed by atoms with Gasteiger partial charge in [0.1, 0.15) is 11.6 Å². The fraction of sp³-hybridized carbons (Fsp3) is 0.562. The molecule has 5 heteroatoms. The van der Waals surface area contributed by atoms with Crippen LogP contribution in [0.5, 0.6) is 0 Å². The Balaban J connectivity index is 1.92. The highest BCUT2D eigenvalue weighted by molar-refractivity contribution is 9.10. The van der Waals surface area contributed by atoms with E-state index in [9.17, 15) is 4.39 Å². The average molecular weight is 372 g/mol. The molecule has 0 amide bonds. The van der Waals surface area contributed by atoms with Crippen LogP contribution in [0.15, 0.2) is 16.6 Å². The fourth-order valence-electron chi connectivity index (χ4n) is 4.27. The van der Waals surface area contributed by atoms with E-state index in [1.54, 1.807) is 0 Å². The van der Waals surface area contributed by atoms with E-state index in [1.807, 2.05) is 13.0 Å². The molecule has 1 aromatic carbocycles. The molecule has 0 spiro atoms. The molecule has 2 aliphatic carbocycles. The Bertz CT molecular complexity index is 712. The molecule has 0 N–H and O–H groups in total. The highest BCUT2D eigenvalue weighted by Gasteiger charge is 2.42. The maximum absolute atomic E-state index is 13.8. The molecule has 4 atom stereocenters. The molecular weight excluding hydrogens is 355 g/mol. The summed E-state index contributed by atoms with van der Waals surface area (Å²) in [5.74, 6) is 2.18. The molecule has 112 valence electrons. The zero-order valence-electron chi connectivity index (χ0n) is 11.8. The lowest BCUT2D eigenvalue weighted by Gasteiger charge is -2.26. The maximum atomic E-state index is 13.8. The Morgan fingerprint density at radius 1 is 1.38 bits per heavy atom. The fourth-order valence-corrected chi connectivity index (χ4v) is 4.75. The average Bonchev–Trinajstić information content (AvgIpc) is 3.12. The lowest BCUT2D eigenvalue weighted by atomic mass is 9.95. The number of alkyl halides is 1. The SMILES string of the molecule is CC(Cl)c1nc2cc(F)c(Br)cc2n1C1CC2CCC1C2. The molecule has 1 aromatic heterocycles. The van der Waals surface area contributed by atoms with Gasteiger partial charge >= 0.3 is 0 Å². The summed E-state index contributed by atoms with van der Waals surface area (Å²) < 4.78 is 16.6. The van der Waals surface area contributed by atoms with E-state index >= 15 is 0 Å². The maximum Gasteiger partial charge on any atom is 0.139 e. The highest BCUT2D eigenvalue weighted by atomic mass is 79.9. The molecule has 0 saturated heterocycles. The van der Waals surface area contributed by atoms with Crippen molar-refractivity contribution in [1.29, 1.82) is 0 Å². The quantitative estimate of drug-likeness (QED) is 0.628. The van der Waals surface area contributed by atoms with Crippen LogP contribution in [-0.2, 0) is 0 Å². The molecule has 2 nitrogen and oxygen atoms in total. The summed E-state index contributed by atoms with van der Waals surface area (Å²) in [5.41, 5.74) is 1.71. The first-order valence-electron chi connectivity index (χ1n) is 7.55. The Kier molecular flexibility index (Phi) is 3.30. The number of benzene rings is 1. The van der Waals surface area contributed by atoms with Gasteiger partial charge < -0.3 is 4.57 Å². The molecule has 2 bridgehead atoms. The van der Waals surface area contributed by atoms with Crippen molar-refractivity contribution in [2.75, 3.05) is 0 Å². The van der Waals surface area contributed by atoms with Gasteiger partial charge in [0.15, 0.2) is 0 Å². The predicted octanol–water partition coefficient (Wildman–Crippen LogP) is 5.60. The van der Waals surface area contributed by atoms with Crippen molar-refractivity contribution >= 4 is 38.6 Å². The van der Waals surface area contributed by atoms with E-state index in [1.165, 1.54) is 31.7 Å². The Labute approximate surface area is 136 Å². The van der Waals surface area contributed by atoms with Crippen molar-refractivity contribution in [3.05, 3.63) is 28.2 Å². The van der Waals surface area contributed by atoms with Gasteiger partial charge in [0, 0.05) is 12.1 Å². The Morgan fingerprint density at radius 2 is 2.19 bits per heavy atom. The smallest absolute Gasteiger partial charge is 0.139 e. The van der Waals surface area contributed by atoms with Gasteiger partial charge in [-0.1, -0.05) is 6.42 Å². The topological polar surface area (TPSA) is 17.8 Å². The van der Waals surface area contributed by atoms with Crippen molar-refractivity contribution in [1.82, 2.24) is 9.55 Å². The van der Waals surface area contributed by atoms with Gasteiger partial charge in [-0.2, -0.15) is 0 Å². The van der Waals surface area contributed by atoms with Gasteiger partial charge in [0.25, 0.3) is 0 Å². The first kappa shape index (κ1) is 14.0. The van der Waals surface area contributed by atoms with Crippen LogP contribution in [0.4, 0.5) is 4.39 Å². The van der Waals surface area contributed by atoms with E-state index in [-0.39, 0.29) is 11.2 Å². The molecule has 1 heterocycles. The second-order valence-corrected chi connectivity index (χ2v) is 7.96. The Hall–Kier alpha value is -0.610. The normalized spacial score (nSPS) is 29.4. The molecule has 2 aromatic rings. The zero-order valence-corrected chi connectivity index (χ0v) is 14.2. The van der Waals surface area contributed by atoms with Crippen LogP contribution in [-0.4, -0.2) is 9.55 Å². The summed E-state index contributed by atoms with van der Waals surface area (Å²) in [6.07, 6.45) is 5.19. The van der Waals surface area contributed by atoms with E-state index in [0.717, 1.165) is 23.2 Å². The zero-order chi connectivity index (χ0) is 14.7. The van der Waals surface area contributed by atoms with E-state index in [0.29, 0.717) is 16.0 Å². The molecule has 0 radical (unpaired) electrons. The molecule has 2 fully saturated rings. The summed E-state index contributed by atoms with van der Waals surface area (Å²) in [7, 11) is 0. The number of imidazole rings is 1.